The lowest BCUT2D eigenvalue weighted by Gasteiger charge is -2.32. The van der Waals surface area contributed by atoms with Crippen LogP contribution in [0.5, 0.6) is 0 Å². The van der Waals surface area contributed by atoms with Gasteiger partial charge in [0, 0.05) is 18.4 Å². The van der Waals surface area contributed by atoms with Crippen molar-refractivity contribution in [2.75, 3.05) is 14.1 Å². The van der Waals surface area contributed by atoms with Gasteiger partial charge in [-0.1, -0.05) is 38.1 Å². The third-order valence-electron chi connectivity index (χ3n) is 6.87. The number of imidazole rings is 1. The van der Waals surface area contributed by atoms with E-state index in [0.717, 1.165) is 10.8 Å². The van der Waals surface area contributed by atoms with Gasteiger partial charge in [0.15, 0.2) is 0 Å². The maximum atomic E-state index is 11.9. The Morgan fingerprint density at radius 3 is 2.16 bits per heavy atom. The second-order valence-electron chi connectivity index (χ2n) is 8.60. The average Bonchev–Trinajstić information content (AvgIpc) is 3.28. The monoisotopic (exact) mass is 423 g/mol. The first-order valence-corrected chi connectivity index (χ1v) is 10.8. The van der Waals surface area contributed by atoms with Crippen LogP contribution in [0.4, 0.5) is 0 Å². The van der Waals surface area contributed by atoms with Crippen LogP contribution < -0.4 is 0 Å². The van der Waals surface area contributed by atoms with E-state index in [1.165, 1.54) is 5.56 Å². The van der Waals surface area contributed by atoms with E-state index in [9.17, 15) is 15.0 Å². The molecule has 166 valence electrons. The number of aliphatic hydroxyl groups is 1. The molecular weight excluding hydrogens is 390 g/mol. The van der Waals surface area contributed by atoms with Gasteiger partial charge in [-0.3, -0.25) is 4.79 Å². The van der Waals surface area contributed by atoms with Gasteiger partial charge in [-0.2, -0.15) is 0 Å². The maximum absolute atomic E-state index is 11.9. The number of carboxylic acid groups (broad SMARTS) is 1. The second-order valence-corrected chi connectivity index (χ2v) is 8.60. The Labute approximate surface area is 184 Å². The highest BCUT2D eigenvalue weighted by Crippen LogP contribution is 2.41. The van der Waals surface area contributed by atoms with Crippen molar-refractivity contribution in [1.29, 1.82) is 0 Å². The lowest BCUT2D eigenvalue weighted by Crippen LogP contribution is -2.36. The number of nitrogens with zero attached hydrogens (tertiary/aromatic N) is 3. The van der Waals surface area contributed by atoms with Crippen molar-refractivity contribution in [3.05, 3.63) is 66.2 Å². The standard InChI is InChI=1S/C25H33N3O3/c1-6-25(7-2,24(30)31)23(29)21-11-9-18-14-20(10-8-19(18)15-21)22(17(3)27(4)5)28-13-12-26-16-28/h8-17,22-23,29H,6-7H2,1-5H3,(H,30,31). The van der Waals surface area contributed by atoms with Crippen LogP contribution in [0.1, 0.15) is 56.9 Å². The minimum Gasteiger partial charge on any atom is -0.481 e. The smallest absolute Gasteiger partial charge is 0.312 e. The molecule has 3 atom stereocenters. The van der Waals surface area contributed by atoms with Crippen LogP contribution in [0.3, 0.4) is 0 Å². The van der Waals surface area contributed by atoms with E-state index in [2.05, 4.69) is 47.6 Å². The van der Waals surface area contributed by atoms with Crippen molar-refractivity contribution in [3.63, 3.8) is 0 Å². The fraction of sp³-hybridized carbons (Fsp3) is 0.440. The van der Waals surface area contributed by atoms with E-state index >= 15 is 0 Å². The Bertz CT molecular complexity index is 1030. The van der Waals surface area contributed by atoms with Gasteiger partial charge in [-0.15, -0.1) is 0 Å². The van der Waals surface area contributed by atoms with Crippen molar-refractivity contribution >= 4 is 16.7 Å². The molecule has 2 N–H and O–H groups in total. The van der Waals surface area contributed by atoms with Crippen molar-refractivity contribution in [3.8, 4) is 0 Å². The summed E-state index contributed by atoms with van der Waals surface area (Å²) in [5, 5.41) is 22.8. The van der Waals surface area contributed by atoms with E-state index in [1.54, 1.807) is 6.20 Å². The van der Waals surface area contributed by atoms with E-state index in [4.69, 9.17) is 0 Å². The van der Waals surface area contributed by atoms with Crippen molar-refractivity contribution < 1.29 is 15.0 Å². The first kappa shape index (κ1) is 23.0. The Kier molecular flexibility index (Phi) is 6.82. The van der Waals surface area contributed by atoms with Gasteiger partial charge in [0.25, 0.3) is 0 Å². The van der Waals surface area contributed by atoms with Gasteiger partial charge in [0.05, 0.1) is 23.9 Å². The molecule has 0 saturated heterocycles. The molecule has 0 fully saturated rings. The van der Waals surface area contributed by atoms with Crippen molar-refractivity contribution in [1.82, 2.24) is 14.5 Å². The fourth-order valence-electron chi connectivity index (χ4n) is 4.43. The first-order valence-electron chi connectivity index (χ1n) is 10.8. The molecule has 3 aromatic rings. The van der Waals surface area contributed by atoms with Gasteiger partial charge in [0.1, 0.15) is 0 Å². The molecule has 0 aliphatic carbocycles. The molecule has 0 aliphatic heterocycles. The lowest BCUT2D eigenvalue weighted by molar-refractivity contribution is -0.158. The lowest BCUT2D eigenvalue weighted by atomic mass is 9.74. The fourth-order valence-corrected chi connectivity index (χ4v) is 4.43. The summed E-state index contributed by atoms with van der Waals surface area (Å²) in [4.78, 5) is 18.4. The Hall–Kier alpha value is -2.70. The quantitative estimate of drug-likeness (QED) is 0.530. The van der Waals surface area contributed by atoms with Gasteiger partial charge >= 0.3 is 5.97 Å². The summed E-state index contributed by atoms with van der Waals surface area (Å²) in [6.45, 7) is 5.82. The molecule has 0 spiro atoms. The van der Waals surface area contributed by atoms with Crippen LogP contribution in [-0.4, -0.2) is 50.8 Å². The number of carboxylic acids is 1. The summed E-state index contributed by atoms with van der Waals surface area (Å²) in [5.41, 5.74) is 0.627. The third-order valence-corrected chi connectivity index (χ3v) is 6.87. The van der Waals surface area contributed by atoms with Gasteiger partial charge in [-0.05, 0) is 67.9 Å². The van der Waals surface area contributed by atoms with Crippen LogP contribution >= 0.6 is 0 Å². The SMILES string of the molecule is CCC(CC)(C(=O)O)C(O)c1ccc2cc(C(C(C)N(C)C)n3ccnc3)ccc2c1. The van der Waals surface area contributed by atoms with Crippen LogP contribution in [0, 0.1) is 5.41 Å². The topological polar surface area (TPSA) is 78.6 Å². The van der Waals surface area contributed by atoms with Gasteiger partial charge in [0.2, 0.25) is 0 Å². The minimum absolute atomic E-state index is 0.104. The summed E-state index contributed by atoms with van der Waals surface area (Å²) < 4.78 is 2.12. The molecule has 3 unspecified atom stereocenters. The van der Waals surface area contributed by atoms with E-state index in [0.29, 0.717) is 18.4 Å². The largest absolute Gasteiger partial charge is 0.481 e. The molecule has 0 aliphatic rings. The molecule has 0 radical (unpaired) electrons. The highest BCUT2D eigenvalue weighted by atomic mass is 16.4. The number of hydrogen-bond acceptors (Lipinski definition) is 4. The highest BCUT2D eigenvalue weighted by molar-refractivity contribution is 5.84. The maximum Gasteiger partial charge on any atom is 0.312 e. The number of likely N-dealkylation sites (N-methyl/N-ethyl adjacent to an activating group) is 1. The number of benzene rings is 2. The molecule has 0 saturated carbocycles. The number of carbonyl (C=O) groups is 1. The minimum atomic E-state index is -1.18. The normalized spacial score (nSPS) is 15.2. The van der Waals surface area contributed by atoms with Gasteiger partial charge in [-0.25, -0.2) is 4.98 Å². The first-order chi connectivity index (χ1) is 14.7. The molecule has 6 heteroatoms. The highest BCUT2D eigenvalue weighted by Gasteiger charge is 2.43. The molecule has 31 heavy (non-hydrogen) atoms. The van der Waals surface area contributed by atoms with E-state index in [-0.39, 0.29) is 12.1 Å². The van der Waals surface area contributed by atoms with E-state index < -0.39 is 17.5 Å². The summed E-state index contributed by atoms with van der Waals surface area (Å²) in [6.07, 6.45) is 5.29. The zero-order valence-corrected chi connectivity index (χ0v) is 19.0. The second kappa shape index (κ2) is 9.20. The molecule has 3 rings (SSSR count). The molecular formula is C25H33N3O3. The summed E-state index contributed by atoms with van der Waals surface area (Å²) >= 11 is 0. The molecule has 0 bridgehead atoms. The Morgan fingerprint density at radius 1 is 1.10 bits per heavy atom. The van der Waals surface area contributed by atoms with Crippen molar-refractivity contribution in [2.45, 2.75) is 51.8 Å². The van der Waals surface area contributed by atoms with Crippen LogP contribution in [0.15, 0.2) is 55.1 Å². The third kappa shape index (κ3) is 4.23. The van der Waals surface area contributed by atoms with Crippen LogP contribution in [-0.2, 0) is 4.79 Å². The zero-order chi connectivity index (χ0) is 22.8. The number of hydrogen-bond donors (Lipinski definition) is 2. The molecule has 6 nitrogen and oxygen atoms in total. The Morgan fingerprint density at radius 2 is 1.68 bits per heavy atom. The molecule has 2 aromatic carbocycles. The number of aliphatic hydroxyl groups excluding tert-OH is 1. The van der Waals surface area contributed by atoms with Gasteiger partial charge < -0.3 is 19.7 Å². The van der Waals surface area contributed by atoms with Crippen LogP contribution in [0.2, 0.25) is 0 Å². The predicted molar refractivity (Wildman–Crippen MR) is 123 cm³/mol. The summed E-state index contributed by atoms with van der Waals surface area (Å²) in [7, 11) is 4.14. The Balaban J connectivity index is 2.02. The zero-order valence-electron chi connectivity index (χ0n) is 19.0. The number of aliphatic carboxylic acids is 1. The molecule has 1 aromatic heterocycles. The van der Waals surface area contributed by atoms with Crippen LogP contribution in [0.25, 0.3) is 10.8 Å². The summed E-state index contributed by atoms with van der Waals surface area (Å²) in [6, 6.07) is 12.4. The average molecular weight is 424 g/mol. The summed E-state index contributed by atoms with van der Waals surface area (Å²) in [5.74, 6) is -0.957. The van der Waals surface area contributed by atoms with Crippen molar-refractivity contribution in [2.24, 2.45) is 5.41 Å². The number of aromatic nitrogens is 2. The van der Waals surface area contributed by atoms with E-state index in [1.807, 2.05) is 50.6 Å². The molecule has 1 heterocycles. The molecule has 0 amide bonds. The predicted octanol–water partition coefficient (Wildman–Crippen LogP) is 4.50. The number of fused-ring (bicyclic) bond motifs is 1. The number of rotatable bonds is 9.